The molecule has 1 aromatic rings. The highest BCUT2D eigenvalue weighted by Gasteiger charge is 2.29. The minimum absolute atomic E-state index is 0.0511. The molecule has 2 amide bonds. The van der Waals surface area contributed by atoms with E-state index in [1.54, 1.807) is 28.0 Å². The van der Waals surface area contributed by atoms with Crippen molar-refractivity contribution in [3.8, 4) is 0 Å². The summed E-state index contributed by atoms with van der Waals surface area (Å²) in [6, 6.07) is 4.93. The third-order valence-corrected chi connectivity index (χ3v) is 6.49. The standard InChI is InChI=1S/C18H20Cl2N2O3S/c19-14-2-1-13(11-15(14)20)17(24)12-3-6-21(7-4-12)16(23)5-8-22-9-10-26-18(22)25/h1-2,11-12H,3-10H2. The van der Waals surface area contributed by atoms with E-state index in [1.807, 2.05) is 0 Å². The molecule has 0 bridgehead atoms. The lowest BCUT2D eigenvalue weighted by molar-refractivity contribution is -0.132. The average Bonchev–Trinajstić information content (AvgIpc) is 3.06. The Morgan fingerprint density at radius 3 is 2.46 bits per heavy atom. The van der Waals surface area contributed by atoms with Crippen LogP contribution in [0.3, 0.4) is 0 Å². The Kier molecular flexibility index (Phi) is 6.48. The predicted octanol–water partition coefficient (Wildman–Crippen LogP) is 3.97. The minimum atomic E-state index is -0.104. The molecule has 0 N–H and O–H groups in total. The van der Waals surface area contributed by atoms with Crippen LogP contribution in [0.5, 0.6) is 0 Å². The second-order valence-corrected chi connectivity index (χ2v) is 8.36. The Morgan fingerprint density at radius 2 is 1.85 bits per heavy atom. The summed E-state index contributed by atoms with van der Waals surface area (Å²) >= 11 is 13.2. The Balaban J connectivity index is 1.48. The molecular weight excluding hydrogens is 395 g/mol. The van der Waals surface area contributed by atoms with E-state index < -0.39 is 0 Å². The van der Waals surface area contributed by atoms with Crippen molar-refractivity contribution in [2.75, 3.05) is 31.9 Å². The molecule has 0 atom stereocenters. The predicted molar refractivity (Wildman–Crippen MR) is 104 cm³/mol. The Morgan fingerprint density at radius 1 is 1.12 bits per heavy atom. The van der Waals surface area contributed by atoms with Crippen molar-refractivity contribution >= 4 is 51.9 Å². The lowest BCUT2D eigenvalue weighted by Crippen LogP contribution is -2.41. The summed E-state index contributed by atoms with van der Waals surface area (Å²) in [5.74, 6) is 0.799. The number of ketones is 1. The molecule has 2 heterocycles. The highest BCUT2D eigenvalue weighted by atomic mass is 35.5. The molecule has 3 rings (SSSR count). The third kappa shape index (κ3) is 4.53. The third-order valence-electron chi connectivity index (χ3n) is 4.86. The van der Waals surface area contributed by atoms with Crippen molar-refractivity contribution in [1.29, 1.82) is 0 Å². The topological polar surface area (TPSA) is 57.7 Å². The first kappa shape index (κ1) is 19.5. The zero-order valence-corrected chi connectivity index (χ0v) is 16.6. The molecule has 140 valence electrons. The summed E-state index contributed by atoms with van der Waals surface area (Å²) in [5, 5.41) is 0.863. The first-order valence-corrected chi connectivity index (χ1v) is 10.4. The molecule has 8 heteroatoms. The van der Waals surface area contributed by atoms with Crippen LogP contribution in [0.2, 0.25) is 10.0 Å². The molecule has 2 fully saturated rings. The zero-order chi connectivity index (χ0) is 18.7. The van der Waals surface area contributed by atoms with E-state index >= 15 is 0 Å². The van der Waals surface area contributed by atoms with Crippen LogP contribution in [-0.2, 0) is 4.79 Å². The van der Waals surface area contributed by atoms with Crippen LogP contribution in [0, 0.1) is 5.92 Å². The summed E-state index contributed by atoms with van der Waals surface area (Å²) in [6.07, 6.45) is 1.63. The van der Waals surface area contributed by atoms with Crippen molar-refractivity contribution in [1.82, 2.24) is 9.80 Å². The molecular formula is C18H20Cl2N2O3S. The van der Waals surface area contributed by atoms with Crippen molar-refractivity contribution in [3.05, 3.63) is 33.8 Å². The summed E-state index contributed by atoms with van der Waals surface area (Å²) in [7, 11) is 0. The van der Waals surface area contributed by atoms with Crippen molar-refractivity contribution in [2.24, 2.45) is 5.92 Å². The van der Waals surface area contributed by atoms with E-state index in [0.717, 1.165) is 12.3 Å². The number of benzene rings is 1. The minimum Gasteiger partial charge on any atom is -0.343 e. The lowest BCUT2D eigenvalue weighted by atomic mass is 9.89. The molecule has 26 heavy (non-hydrogen) atoms. The van der Waals surface area contributed by atoms with E-state index in [1.165, 1.54) is 11.8 Å². The molecule has 0 unspecified atom stereocenters. The fourth-order valence-electron chi connectivity index (χ4n) is 3.29. The van der Waals surface area contributed by atoms with Gasteiger partial charge < -0.3 is 9.80 Å². The Hall–Kier alpha value is -1.24. The van der Waals surface area contributed by atoms with Crippen LogP contribution >= 0.6 is 35.0 Å². The van der Waals surface area contributed by atoms with Gasteiger partial charge in [-0.05, 0) is 31.0 Å². The van der Waals surface area contributed by atoms with Gasteiger partial charge in [0, 0.05) is 49.8 Å². The second kappa shape index (κ2) is 8.63. The van der Waals surface area contributed by atoms with Crippen LogP contribution in [0.1, 0.15) is 29.6 Å². The van der Waals surface area contributed by atoms with E-state index in [2.05, 4.69) is 0 Å². The Labute approximate surface area is 167 Å². The van der Waals surface area contributed by atoms with Gasteiger partial charge in [0.15, 0.2) is 5.78 Å². The Bertz CT molecular complexity index is 720. The van der Waals surface area contributed by atoms with Crippen LogP contribution in [0.25, 0.3) is 0 Å². The molecule has 0 aromatic heterocycles. The van der Waals surface area contributed by atoms with Gasteiger partial charge in [-0.15, -0.1) is 0 Å². The van der Waals surface area contributed by atoms with Crippen molar-refractivity contribution < 1.29 is 14.4 Å². The largest absolute Gasteiger partial charge is 0.343 e. The quantitative estimate of drug-likeness (QED) is 0.683. The number of Topliss-reactive ketones (excluding diaryl/α,β-unsaturated/α-hetero) is 1. The maximum atomic E-state index is 12.6. The second-order valence-electron chi connectivity index (χ2n) is 6.50. The van der Waals surface area contributed by atoms with Crippen molar-refractivity contribution in [2.45, 2.75) is 19.3 Å². The normalized spacial score (nSPS) is 18.5. The molecule has 0 saturated carbocycles. The zero-order valence-electron chi connectivity index (χ0n) is 14.2. The monoisotopic (exact) mass is 414 g/mol. The van der Waals surface area contributed by atoms with Gasteiger partial charge in [-0.3, -0.25) is 14.4 Å². The number of hydrogen-bond acceptors (Lipinski definition) is 4. The number of halogens is 2. The molecule has 0 spiro atoms. The van der Waals surface area contributed by atoms with E-state index in [0.29, 0.717) is 54.5 Å². The van der Waals surface area contributed by atoms with Gasteiger partial charge in [0.05, 0.1) is 10.0 Å². The fourth-order valence-corrected chi connectivity index (χ4v) is 4.44. The van der Waals surface area contributed by atoms with E-state index in [4.69, 9.17) is 23.2 Å². The summed E-state index contributed by atoms with van der Waals surface area (Å²) in [5.41, 5.74) is 0.564. The SMILES string of the molecule is O=C(c1ccc(Cl)c(Cl)c1)C1CCN(C(=O)CCN2CCSC2=O)CC1. The molecule has 2 aliphatic heterocycles. The van der Waals surface area contributed by atoms with Crippen LogP contribution in [0.15, 0.2) is 18.2 Å². The van der Waals surface area contributed by atoms with Crippen LogP contribution < -0.4 is 0 Å². The summed E-state index contributed by atoms with van der Waals surface area (Å²) < 4.78 is 0. The number of likely N-dealkylation sites (tertiary alicyclic amines) is 1. The maximum absolute atomic E-state index is 12.6. The molecule has 5 nitrogen and oxygen atoms in total. The number of nitrogens with zero attached hydrogens (tertiary/aromatic N) is 2. The summed E-state index contributed by atoms with van der Waals surface area (Å²) in [6.45, 7) is 2.34. The van der Waals surface area contributed by atoms with Gasteiger partial charge in [0.1, 0.15) is 0 Å². The van der Waals surface area contributed by atoms with Gasteiger partial charge >= 0.3 is 0 Å². The van der Waals surface area contributed by atoms with Crippen molar-refractivity contribution in [3.63, 3.8) is 0 Å². The maximum Gasteiger partial charge on any atom is 0.281 e. The lowest BCUT2D eigenvalue weighted by Gasteiger charge is -2.32. The van der Waals surface area contributed by atoms with Gasteiger partial charge in [0.25, 0.3) is 5.24 Å². The number of carbonyl (C=O) groups excluding carboxylic acids is 3. The molecule has 1 aromatic carbocycles. The summed E-state index contributed by atoms with van der Waals surface area (Å²) in [4.78, 5) is 40.1. The van der Waals surface area contributed by atoms with Gasteiger partial charge in [-0.1, -0.05) is 35.0 Å². The number of piperidine rings is 1. The van der Waals surface area contributed by atoms with Crippen LogP contribution in [0.4, 0.5) is 4.79 Å². The number of rotatable bonds is 5. The highest BCUT2D eigenvalue weighted by Crippen LogP contribution is 2.27. The fraction of sp³-hybridized carbons (Fsp3) is 0.500. The molecule has 0 radical (unpaired) electrons. The van der Waals surface area contributed by atoms with Gasteiger partial charge in [-0.2, -0.15) is 0 Å². The number of carbonyl (C=O) groups is 3. The number of hydrogen-bond donors (Lipinski definition) is 0. The first-order chi connectivity index (χ1) is 12.5. The van der Waals surface area contributed by atoms with E-state index in [9.17, 15) is 14.4 Å². The molecule has 0 aliphatic carbocycles. The van der Waals surface area contributed by atoms with Gasteiger partial charge in [0.2, 0.25) is 5.91 Å². The van der Waals surface area contributed by atoms with Gasteiger partial charge in [-0.25, -0.2) is 0 Å². The number of thioether (sulfide) groups is 1. The molecule has 2 saturated heterocycles. The number of amides is 2. The van der Waals surface area contributed by atoms with E-state index in [-0.39, 0.29) is 22.8 Å². The highest BCUT2D eigenvalue weighted by molar-refractivity contribution is 8.13. The average molecular weight is 415 g/mol. The first-order valence-electron chi connectivity index (χ1n) is 8.64. The smallest absolute Gasteiger partial charge is 0.281 e. The molecule has 2 aliphatic rings. The van der Waals surface area contributed by atoms with Crippen LogP contribution in [-0.4, -0.2) is 58.7 Å².